The van der Waals surface area contributed by atoms with Crippen LogP contribution in [-0.4, -0.2) is 9.97 Å². The van der Waals surface area contributed by atoms with E-state index in [1.807, 2.05) is 31.4 Å². The number of pyridine rings is 1. The van der Waals surface area contributed by atoms with Crippen molar-refractivity contribution < 1.29 is 0 Å². The third-order valence-corrected chi connectivity index (χ3v) is 4.16. The number of rotatable bonds is 3. The van der Waals surface area contributed by atoms with Gasteiger partial charge in [0, 0.05) is 28.9 Å². The van der Waals surface area contributed by atoms with Crippen LogP contribution in [0.2, 0.25) is 0 Å². The Morgan fingerprint density at radius 3 is 2.94 bits per heavy atom. The van der Waals surface area contributed by atoms with Crippen LogP contribution in [0.25, 0.3) is 0 Å². The van der Waals surface area contributed by atoms with E-state index in [9.17, 15) is 0 Å². The zero-order valence-corrected chi connectivity index (χ0v) is 10.8. The maximum atomic E-state index is 5.90. The third kappa shape index (κ3) is 2.61. The Balaban J connectivity index is 2.27. The molecule has 0 saturated heterocycles. The first-order chi connectivity index (χ1) is 7.66. The van der Waals surface area contributed by atoms with Gasteiger partial charge in [-0.15, -0.1) is 11.3 Å². The third-order valence-electron chi connectivity index (χ3n) is 2.07. The van der Waals surface area contributed by atoms with Crippen LogP contribution < -0.4 is 5.73 Å². The second-order valence-corrected chi connectivity index (χ2v) is 5.64. The highest BCUT2D eigenvalue weighted by atomic mass is 32.2. The number of nitrogens with zero attached hydrogens (tertiary/aromatic N) is 2. The molecular formula is C11H13N3S2. The van der Waals surface area contributed by atoms with Gasteiger partial charge in [-0.25, -0.2) is 9.97 Å². The quantitative estimate of drug-likeness (QED) is 0.911. The molecule has 2 aromatic heterocycles. The summed E-state index contributed by atoms with van der Waals surface area (Å²) in [6.45, 7) is 3.96. The highest BCUT2D eigenvalue weighted by Gasteiger charge is 2.10. The number of aryl methyl sites for hydroxylation is 1. The molecule has 2 rings (SSSR count). The second kappa shape index (κ2) is 4.95. The lowest BCUT2D eigenvalue weighted by Gasteiger charge is -2.09. The highest BCUT2D eigenvalue weighted by molar-refractivity contribution is 8.01. The first kappa shape index (κ1) is 11.6. The Hall–Kier alpha value is -0.910. The molecule has 0 aliphatic rings. The summed E-state index contributed by atoms with van der Waals surface area (Å²) in [4.78, 5) is 8.76. The van der Waals surface area contributed by atoms with Gasteiger partial charge >= 0.3 is 0 Å². The molecule has 1 atom stereocenters. The van der Waals surface area contributed by atoms with E-state index in [1.54, 1.807) is 29.3 Å². The van der Waals surface area contributed by atoms with Gasteiger partial charge in [-0.05, 0) is 31.7 Å². The van der Waals surface area contributed by atoms with Gasteiger partial charge in [0.15, 0.2) is 4.34 Å². The molecule has 2 aromatic rings. The lowest BCUT2D eigenvalue weighted by molar-refractivity contribution is 0.779. The van der Waals surface area contributed by atoms with Gasteiger partial charge in [0.1, 0.15) is 5.03 Å². The molecule has 0 aliphatic heterocycles. The minimum Gasteiger partial charge on any atom is -0.324 e. The summed E-state index contributed by atoms with van der Waals surface area (Å²) in [5.74, 6) is 0. The number of nitrogens with two attached hydrogens (primary N) is 1. The van der Waals surface area contributed by atoms with E-state index in [0.29, 0.717) is 0 Å². The first-order valence-electron chi connectivity index (χ1n) is 4.97. The maximum Gasteiger partial charge on any atom is 0.156 e. The van der Waals surface area contributed by atoms with E-state index in [1.165, 1.54) is 0 Å². The molecule has 2 N–H and O–H groups in total. The van der Waals surface area contributed by atoms with Crippen molar-refractivity contribution in [1.82, 2.24) is 9.97 Å². The average Bonchev–Trinajstić information content (AvgIpc) is 2.64. The Morgan fingerprint density at radius 2 is 2.31 bits per heavy atom. The zero-order valence-electron chi connectivity index (χ0n) is 9.18. The van der Waals surface area contributed by atoms with Gasteiger partial charge < -0.3 is 5.73 Å². The Bertz CT molecular complexity index is 480. The van der Waals surface area contributed by atoms with E-state index in [2.05, 4.69) is 9.97 Å². The molecule has 0 fully saturated rings. The molecular weight excluding hydrogens is 238 g/mol. The van der Waals surface area contributed by atoms with Crippen LogP contribution >= 0.6 is 23.1 Å². The Morgan fingerprint density at radius 1 is 1.50 bits per heavy atom. The van der Waals surface area contributed by atoms with Crippen molar-refractivity contribution in [2.45, 2.75) is 29.3 Å². The van der Waals surface area contributed by atoms with Crippen LogP contribution in [0.4, 0.5) is 0 Å². The normalized spacial score (nSPS) is 12.7. The van der Waals surface area contributed by atoms with E-state index in [4.69, 9.17) is 5.73 Å². The summed E-state index contributed by atoms with van der Waals surface area (Å²) in [6.07, 6.45) is 1.79. The smallest absolute Gasteiger partial charge is 0.156 e. The fourth-order valence-electron chi connectivity index (χ4n) is 1.30. The zero-order chi connectivity index (χ0) is 11.5. The molecule has 2 heterocycles. The predicted octanol–water partition coefficient (Wildman–Crippen LogP) is 3.02. The minimum atomic E-state index is -0.00254. The first-order valence-corrected chi connectivity index (χ1v) is 6.67. The number of hydrogen-bond donors (Lipinski definition) is 1. The molecule has 0 amide bonds. The van der Waals surface area contributed by atoms with Gasteiger partial charge in [0.05, 0.1) is 0 Å². The van der Waals surface area contributed by atoms with Crippen molar-refractivity contribution in [2.75, 3.05) is 0 Å². The summed E-state index contributed by atoms with van der Waals surface area (Å²) in [6, 6.07) is 3.92. The van der Waals surface area contributed by atoms with Crippen molar-refractivity contribution in [3.05, 3.63) is 35.0 Å². The van der Waals surface area contributed by atoms with Crippen molar-refractivity contribution in [2.24, 2.45) is 5.73 Å². The van der Waals surface area contributed by atoms with Gasteiger partial charge in [0.25, 0.3) is 0 Å². The lowest BCUT2D eigenvalue weighted by Crippen LogP contribution is -2.06. The van der Waals surface area contributed by atoms with Crippen molar-refractivity contribution in [3.63, 3.8) is 0 Å². The summed E-state index contributed by atoms with van der Waals surface area (Å²) in [5.41, 5.74) is 8.02. The number of hydrogen-bond acceptors (Lipinski definition) is 5. The molecule has 84 valence electrons. The predicted molar refractivity (Wildman–Crippen MR) is 67.8 cm³/mol. The standard InChI is InChI=1S/C11H13N3S2/c1-7-6-15-11(14-7)16-10-9(8(2)12)4-3-5-13-10/h3-6,8H,12H2,1-2H3. The van der Waals surface area contributed by atoms with E-state index >= 15 is 0 Å². The van der Waals surface area contributed by atoms with E-state index < -0.39 is 0 Å². The molecule has 0 radical (unpaired) electrons. The van der Waals surface area contributed by atoms with Crippen LogP contribution in [0.3, 0.4) is 0 Å². The van der Waals surface area contributed by atoms with Crippen molar-refractivity contribution in [3.8, 4) is 0 Å². The van der Waals surface area contributed by atoms with Gasteiger partial charge in [-0.1, -0.05) is 6.07 Å². The summed E-state index contributed by atoms with van der Waals surface area (Å²) >= 11 is 3.22. The highest BCUT2D eigenvalue weighted by Crippen LogP contribution is 2.32. The van der Waals surface area contributed by atoms with Gasteiger partial charge in [0.2, 0.25) is 0 Å². The van der Waals surface area contributed by atoms with Crippen LogP contribution in [0.1, 0.15) is 24.2 Å². The fraction of sp³-hybridized carbons (Fsp3) is 0.273. The molecule has 1 unspecified atom stereocenters. The second-order valence-electron chi connectivity index (χ2n) is 3.54. The lowest BCUT2D eigenvalue weighted by atomic mass is 10.2. The number of thiazole rings is 1. The average molecular weight is 251 g/mol. The molecule has 0 bridgehead atoms. The summed E-state index contributed by atoms with van der Waals surface area (Å²) in [7, 11) is 0. The topological polar surface area (TPSA) is 51.8 Å². The van der Waals surface area contributed by atoms with Crippen molar-refractivity contribution >= 4 is 23.1 Å². The van der Waals surface area contributed by atoms with Crippen LogP contribution in [0.5, 0.6) is 0 Å². The van der Waals surface area contributed by atoms with Crippen molar-refractivity contribution in [1.29, 1.82) is 0 Å². The van der Waals surface area contributed by atoms with Gasteiger partial charge in [-0.3, -0.25) is 0 Å². The van der Waals surface area contributed by atoms with Gasteiger partial charge in [-0.2, -0.15) is 0 Å². The molecule has 5 heteroatoms. The SMILES string of the molecule is Cc1csc(Sc2ncccc2C(C)N)n1. The van der Waals surface area contributed by atoms with Crippen LogP contribution in [0.15, 0.2) is 33.1 Å². The number of aromatic nitrogens is 2. The molecule has 0 spiro atoms. The molecule has 0 aromatic carbocycles. The molecule has 3 nitrogen and oxygen atoms in total. The summed E-state index contributed by atoms with van der Waals surface area (Å²) in [5, 5.41) is 2.99. The summed E-state index contributed by atoms with van der Waals surface area (Å²) < 4.78 is 1.01. The van der Waals surface area contributed by atoms with E-state index in [0.717, 1.165) is 20.6 Å². The molecule has 0 aliphatic carbocycles. The molecule has 0 saturated carbocycles. The Kier molecular flexibility index (Phi) is 3.58. The molecule has 16 heavy (non-hydrogen) atoms. The minimum absolute atomic E-state index is 0.00254. The van der Waals surface area contributed by atoms with Crippen LogP contribution in [0, 0.1) is 6.92 Å². The van der Waals surface area contributed by atoms with Crippen LogP contribution in [-0.2, 0) is 0 Å². The Labute approximate surface area is 103 Å². The fourth-order valence-corrected chi connectivity index (χ4v) is 3.23. The van der Waals surface area contributed by atoms with E-state index in [-0.39, 0.29) is 6.04 Å². The maximum absolute atomic E-state index is 5.90. The monoisotopic (exact) mass is 251 g/mol. The largest absolute Gasteiger partial charge is 0.324 e.